The predicted octanol–water partition coefficient (Wildman–Crippen LogP) is 3.92. The van der Waals surface area contributed by atoms with E-state index in [0.717, 1.165) is 51.4 Å². The molecule has 6 N–H and O–H groups in total. The fourth-order valence-electron chi connectivity index (χ4n) is 4.10. The highest BCUT2D eigenvalue weighted by Crippen LogP contribution is 2.27. The Morgan fingerprint density at radius 3 is 2.97 bits per heavy atom. The number of hydrogen-bond acceptors (Lipinski definition) is 6. The molecule has 3 heterocycles. The maximum Gasteiger partial charge on any atom is 0.183 e. The Labute approximate surface area is 186 Å². The minimum Gasteiger partial charge on any atom is -0.494 e. The number of aryl methyl sites for hydroxylation is 2. The van der Waals surface area contributed by atoms with E-state index in [1.54, 1.807) is 6.21 Å². The van der Waals surface area contributed by atoms with Crippen LogP contribution in [-0.4, -0.2) is 33.6 Å². The van der Waals surface area contributed by atoms with E-state index in [1.165, 1.54) is 5.56 Å². The number of nitrogens with zero attached hydrogens (tertiary/aromatic N) is 2. The fourth-order valence-corrected chi connectivity index (χ4v) is 4.10. The van der Waals surface area contributed by atoms with E-state index >= 15 is 0 Å². The molecule has 1 aliphatic heterocycles. The number of nitrogens with two attached hydrogens (primary N) is 1. The van der Waals surface area contributed by atoms with Crippen molar-refractivity contribution in [3.63, 3.8) is 0 Å². The normalized spacial score (nSPS) is 18.0. The van der Waals surface area contributed by atoms with E-state index in [4.69, 9.17) is 10.5 Å². The summed E-state index contributed by atoms with van der Waals surface area (Å²) < 4.78 is 5.66. The highest BCUT2D eigenvalue weighted by molar-refractivity contribution is 5.89. The van der Waals surface area contributed by atoms with Gasteiger partial charge < -0.3 is 25.3 Å². The summed E-state index contributed by atoms with van der Waals surface area (Å²) in [6, 6.07) is 12.1. The number of rotatable bonds is 7. The first kappa shape index (κ1) is 20.1. The van der Waals surface area contributed by atoms with Crippen molar-refractivity contribution in [1.82, 2.24) is 20.3 Å². The van der Waals surface area contributed by atoms with Crippen molar-refractivity contribution in [2.45, 2.75) is 32.5 Å². The molecule has 1 aliphatic rings. The highest BCUT2D eigenvalue weighted by atomic mass is 16.5. The first-order chi connectivity index (χ1) is 15.5. The quantitative estimate of drug-likeness (QED) is 0.305. The second kappa shape index (κ2) is 8.05. The average Bonchev–Trinajstić information content (AvgIpc) is 3.35. The van der Waals surface area contributed by atoms with Gasteiger partial charge in [0, 0.05) is 29.7 Å². The van der Waals surface area contributed by atoms with Crippen molar-refractivity contribution in [3.8, 4) is 5.75 Å². The second-order valence-corrected chi connectivity index (χ2v) is 8.01. The minimum absolute atomic E-state index is 0.625. The lowest BCUT2D eigenvalue weighted by atomic mass is 10.0. The number of anilines is 1. The third-order valence-corrected chi connectivity index (χ3v) is 5.62. The summed E-state index contributed by atoms with van der Waals surface area (Å²) in [5, 5.41) is 7.91. The van der Waals surface area contributed by atoms with Crippen LogP contribution in [-0.2, 0) is 6.42 Å². The Bertz CT molecular complexity index is 1330. The molecule has 0 amide bonds. The molecule has 0 saturated carbocycles. The molecule has 0 bridgehead atoms. The number of aromatic amines is 2. The van der Waals surface area contributed by atoms with Crippen LogP contribution in [0.15, 0.2) is 59.5 Å². The Morgan fingerprint density at radius 1 is 1.19 bits per heavy atom. The lowest BCUT2D eigenvalue weighted by molar-refractivity contribution is 0.340. The average molecular weight is 430 g/mol. The van der Waals surface area contributed by atoms with Gasteiger partial charge in [-0.05, 0) is 62.2 Å². The molecule has 0 aliphatic carbocycles. The number of aliphatic imine (C=N–C) groups is 1. The number of aromatic nitrogens is 3. The van der Waals surface area contributed by atoms with Gasteiger partial charge in [-0.15, -0.1) is 0 Å². The van der Waals surface area contributed by atoms with Gasteiger partial charge in [0.25, 0.3) is 0 Å². The fraction of sp³-hybridized carbons (Fsp3) is 0.250. The molecular formula is C24H27N7O. The molecule has 5 rings (SSSR count). The van der Waals surface area contributed by atoms with Crippen molar-refractivity contribution in [2.75, 3.05) is 11.9 Å². The number of benzene rings is 2. The Kier molecular flexibility index (Phi) is 5.07. The molecule has 0 radical (unpaired) electrons. The maximum atomic E-state index is 6.61. The summed E-state index contributed by atoms with van der Waals surface area (Å²) in [4.78, 5) is 15.7. The van der Waals surface area contributed by atoms with Crippen LogP contribution >= 0.6 is 0 Å². The van der Waals surface area contributed by atoms with E-state index < -0.39 is 5.79 Å². The van der Waals surface area contributed by atoms with Crippen molar-refractivity contribution >= 4 is 33.8 Å². The molecule has 2 aromatic heterocycles. The number of allylic oxidation sites excluding steroid dienone is 1. The highest BCUT2D eigenvalue weighted by Gasteiger charge is 2.26. The predicted molar refractivity (Wildman–Crippen MR) is 129 cm³/mol. The SMILES string of the molecule is CCOc1ccc2[nH]cc(CCC3(N)N=CC=C(Nc4cccc5[nH]c(C)nc45)N3)c2c1. The van der Waals surface area contributed by atoms with Crippen LogP contribution in [0, 0.1) is 6.92 Å². The third-order valence-electron chi connectivity index (χ3n) is 5.62. The van der Waals surface area contributed by atoms with E-state index in [9.17, 15) is 0 Å². The Hall–Kier alpha value is -3.78. The second-order valence-electron chi connectivity index (χ2n) is 8.01. The van der Waals surface area contributed by atoms with E-state index in [1.807, 2.05) is 56.5 Å². The first-order valence-electron chi connectivity index (χ1n) is 10.8. The van der Waals surface area contributed by atoms with Crippen LogP contribution < -0.4 is 21.1 Å². The third kappa shape index (κ3) is 3.92. The molecule has 0 fully saturated rings. The molecule has 2 aromatic carbocycles. The molecule has 8 nitrogen and oxygen atoms in total. The van der Waals surface area contributed by atoms with Gasteiger partial charge in [-0.25, -0.2) is 4.98 Å². The lowest BCUT2D eigenvalue weighted by Crippen LogP contribution is -2.54. The zero-order chi connectivity index (χ0) is 22.1. The number of hydrogen-bond donors (Lipinski definition) is 5. The van der Waals surface area contributed by atoms with Gasteiger partial charge in [0.15, 0.2) is 5.79 Å². The van der Waals surface area contributed by atoms with Crippen LogP contribution in [0.4, 0.5) is 5.69 Å². The van der Waals surface area contributed by atoms with Gasteiger partial charge in [0.05, 0.1) is 17.8 Å². The number of H-pyrrole nitrogens is 2. The number of para-hydroxylation sites is 1. The number of imidazole rings is 1. The molecule has 4 aromatic rings. The largest absolute Gasteiger partial charge is 0.494 e. The molecule has 8 heteroatoms. The minimum atomic E-state index is -0.909. The Morgan fingerprint density at radius 2 is 2.09 bits per heavy atom. The van der Waals surface area contributed by atoms with Gasteiger partial charge in [0.2, 0.25) is 0 Å². The zero-order valence-corrected chi connectivity index (χ0v) is 18.2. The molecular weight excluding hydrogens is 402 g/mol. The summed E-state index contributed by atoms with van der Waals surface area (Å²) in [5.74, 6) is 1.62. The van der Waals surface area contributed by atoms with Crippen molar-refractivity contribution < 1.29 is 4.74 Å². The van der Waals surface area contributed by atoms with Crippen molar-refractivity contribution in [2.24, 2.45) is 10.7 Å². The molecule has 32 heavy (non-hydrogen) atoms. The van der Waals surface area contributed by atoms with Crippen molar-refractivity contribution in [1.29, 1.82) is 0 Å². The van der Waals surface area contributed by atoms with Crippen LogP contribution in [0.5, 0.6) is 5.75 Å². The van der Waals surface area contributed by atoms with E-state index in [2.05, 4.69) is 36.6 Å². The summed E-state index contributed by atoms with van der Waals surface area (Å²) in [6.45, 7) is 4.57. The van der Waals surface area contributed by atoms with Crippen molar-refractivity contribution in [3.05, 3.63) is 65.9 Å². The van der Waals surface area contributed by atoms with Gasteiger partial charge in [-0.2, -0.15) is 0 Å². The smallest absolute Gasteiger partial charge is 0.183 e. The number of ether oxygens (including phenoxy) is 1. The number of fused-ring (bicyclic) bond motifs is 2. The summed E-state index contributed by atoms with van der Waals surface area (Å²) in [5.41, 5.74) is 11.7. The monoisotopic (exact) mass is 429 g/mol. The van der Waals surface area contributed by atoms with Crippen LogP contribution in [0.1, 0.15) is 24.7 Å². The number of nitrogens with one attached hydrogen (secondary N) is 4. The molecule has 0 spiro atoms. The maximum absolute atomic E-state index is 6.61. The standard InChI is InChI=1S/C24H27N7O/c1-3-32-17-7-8-19-18(13-17)16(14-26-19)9-11-24(25)27-12-10-22(31-24)30-21-6-4-5-20-23(21)29-15(2)28-20/h4-8,10,12-14,26,30-31H,3,9,11,25H2,1-2H3,(H,28,29). The topological polar surface area (TPSA) is 116 Å². The van der Waals surface area contributed by atoms with E-state index in [-0.39, 0.29) is 0 Å². The van der Waals surface area contributed by atoms with Gasteiger partial charge in [0.1, 0.15) is 22.9 Å². The van der Waals surface area contributed by atoms with Gasteiger partial charge in [-0.3, -0.25) is 10.7 Å². The molecule has 164 valence electrons. The van der Waals surface area contributed by atoms with Gasteiger partial charge >= 0.3 is 0 Å². The summed E-state index contributed by atoms with van der Waals surface area (Å²) >= 11 is 0. The molecule has 1 atom stereocenters. The first-order valence-corrected chi connectivity index (χ1v) is 10.8. The van der Waals surface area contributed by atoms with Crippen LogP contribution in [0.25, 0.3) is 21.9 Å². The summed E-state index contributed by atoms with van der Waals surface area (Å²) in [7, 11) is 0. The lowest BCUT2D eigenvalue weighted by Gasteiger charge is -2.31. The Balaban J connectivity index is 1.30. The zero-order valence-electron chi connectivity index (χ0n) is 18.2. The molecule has 0 saturated heterocycles. The van der Waals surface area contributed by atoms with Gasteiger partial charge in [-0.1, -0.05) is 6.07 Å². The van der Waals surface area contributed by atoms with E-state index in [0.29, 0.717) is 13.0 Å². The van der Waals surface area contributed by atoms with Crippen LogP contribution in [0.2, 0.25) is 0 Å². The summed E-state index contributed by atoms with van der Waals surface area (Å²) in [6.07, 6.45) is 7.05. The van der Waals surface area contributed by atoms with Crippen LogP contribution in [0.3, 0.4) is 0 Å². The molecule has 1 unspecified atom stereocenters.